The maximum Gasteiger partial charge on any atom is 0.332 e. The number of aliphatic carboxylic acids is 1. The first-order valence-corrected chi connectivity index (χ1v) is 6.83. The Kier molecular flexibility index (Phi) is 4.40. The number of carbonyl (C=O) groups is 1. The number of hydrogen-bond acceptors (Lipinski definition) is 3. The molecule has 0 radical (unpaired) electrons. The van der Waals surface area contributed by atoms with E-state index in [-0.39, 0.29) is 6.10 Å². The van der Waals surface area contributed by atoms with E-state index in [9.17, 15) is 4.79 Å². The van der Waals surface area contributed by atoms with E-state index in [1.807, 2.05) is 0 Å². The van der Waals surface area contributed by atoms with Crippen LogP contribution in [0.1, 0.15) is 45.4 Å². The third-order valence-electron chi connectivity index (χ3n) is 4.04. The Morgan fingerprint density at radius 3 is 2.82 bits per heavy atom. The van der Waals surface area contributed by atoms with Crippen molar-refractivity contribution in [1.29, 1.82) is 0 Å². The fourth-order valence-electron chi connectivity index (χ4n) is 3.05. The Bertz CT molecular complexity index is 269. The highest BCUT2D eigenvalue weighted by molar-refractivity contribution is 5.72. The largest absolute Gasteiger partial charge is 0.479 e. The van der Waals surface area contributed by atoms with Crippen LogP contribution in [-0.4, -0.2) is 47.3 Å². The van der Waals surface area contributed by atoms with Crippen molar-refractivity contribution < 1.29 is 14.6 Å². The topological polar surface area (TPSA) is 49.8 Å². The smallest absolute Gasteiger partial charge is 0.332 e. The molecule has 0 spiro atoms. The zero-order valence-electron chi connectivity index (χ0n) is 10.6. The van der Waals surface area contributed by atoms with Gasteiger partial charge in [-0.3, -0.25) is 4.90 Å². The van der Waals surface area contributed by atoms with Gasteiger partial charge in [0, 0.05) is 12.6 Å². The molecule has 0 amide bonds. The second kappa shape index (κ2) is 5.83. The monoisotopic (exact) mass is 241 g/mol. The number of piperidine rings is 1. The van der Waals surface area contributed by atoms with Gasteiger partial charge in [-0.25, -0.2) is 4.79 Å². The summed E-state index contributed by atoms with van der Waals surface area (Å²) >= 11 is 0. The summed E-state index contributed by atoms with van der Waals surface area (Å²) in [5.74, 6) is -0.807. The number of ether oxygens (including phenoxy) is 1. The molecule has 0 aromatic rings. The van der Waals surface area contributed by atoms with Crippen molar-refractivity contribution in [2.45, 2.75) is 63.7 Å². The minimum Gasteiger partial charge on any atom is -0.479 e. The molecule has 2 saturated heterocycles. The molecule has 98 valence electrons. The van der Waals surface area contributed by atoms with E-state index in [1.54, 1.807) is 0 Å². The number of carboxylic acid groups (broad SMARTS) is 1. The zero-order valence-corrected chi connectivity index (χ0v) is 10.6. The lowest BCUT2D eigenvalue weighted by Gasteiger charge is -2.36. The van der Waals surface area contributed by atoms with E-state index < -0.39 is 12.1 Å². The van der Waals surface area contributed by atoms with Crippen molar-refractivity contribution in [1.82, 2.24) is 4.90 Å². The lowest BCUT2D eigenvalue weighted by atomic mass is 9.99. The van der Waals surface area contributed by atoms with Crippen LogP contribution in [0.4, 0.5) is 0 Å². The van der Waals surface area contributed by atoms with Crippen LogP contribution >= 0.6 is 0 Å². The molecule has 0 bridgehead atoms. The van der Waals surface area contributed by atoms with E-state index >= 15 is 0 Å². The number of likely N-dealkylation sites (tertiary alicyclic amines) is 1. The molecule has 2 rings (SSSR count). The molecule has 1 N–H and O–H groups in total. The van der Waals surface area contributed by atoms with Gasteiger partial charge in [0.25, 0.3) is 0 Å². The first-order valence-electron chi connectivity index (χ1n) is 6.83. The predicted octanol–water partition coefficient (Wildman–Crippen LogP) is 1.88. The fraction of sp³-hybridized carbons (Fsp3) is 0.923. The third kappa shape index (κ3) is 3.19. The summed E-state index contributed by atoms with van der Waals surface area (Å²) in [4.78, 5) is 13.3. The van der Waals surface area contributed by atoms with Crippen molar-refractivity contribution in [2.24, 2.45) is 0 Å². The van der Waals surface area contributed by atoms with Gasteiger partial charge in [0.2, 0.25) is 0 Å². The van der Waals surface area contributed by atoms with Crippen LogP contribution in [0.25, 0.3) is 0 Å². The molecule has 2 fully saturated rings. The molecule has 2 aliphatic rings. The van der Waals surface area contributed by atoms with E-state index in [1.165, 1.54) is 25.7 Å². The maximum absolute atomic E-state index is 10.8. The van der Waals surface area contributed by atoms with E-state index in [0.29, 0.717) is 12.5 Å². The van der Waals surface area contributed by atoms with Crippen molar-refractivity contribution in [3.8, 4) is 0 Å². The molecule has 3 atom stereocenters. The molecule has 0 saturated carbocycles. The molecule has 3 unspecified atom stereocenters. The molecular formula is C13H23NO3. The summed E-state index contributed by atoms with van der Waals surface area (Å²) < 4.78 is 5.58. The van der Waals surface area contributed by atoms with Crippen LogP contribution in [0.3, 0.4) is 0 Å². The summed E-state index contributed by atoms with van der Waals surface area (Å²) in [6.07, 6.45) is 6.20. The molecular weight excluding hydrogens is 218 g/mol. The van der Waals surface area contributed by atoms with Gasteiger partial charge in [0.05, 0.1) is 6.10 Å². The standard InChI is InChI=1S/C13H23NO3/c1-2-10-5-3-4-8-14(10)9-11-6-7-12(17-11)13(15)16/h10-12H,2-9H2,1H3,(H,15,16). The highest BCUT2D eigenvalue weighted by Gasteiger charge is 2.33. The Labute approximate surface area is 103 Å². The molecule has 2 heterocycles. The van der Waals surface area contributed by atoms with E-state index in [2.05, 4.69) is 11.8 Å². The Balaban J connectivity index is 1.82. The second-order valence-electron chi connectivity index (χ2n) is 5.22. The zero-order chi connectivity index (χ0) is 12.3. The van der Waals surface area contributed by atoms with Gasteiger partial charge < -0.3 is 9.84 Å². The highest BCUT2D eigenvalue weighted by Crippen LogP contribution is 2.25. The van der Waals surface area contributed by atoms with Crippen LogP contribution in [0.2, 0.25) is 0 Å². The summed E-state index contributed by atoms with van der Waals surface area (Å²) in [6, 6.07) is 0.677. The average Bonchev–Trinajstić information content (AvgIpc) is 2.78. The van der Waals surface area contributed by atoms with Gasteiger partial charge >= 0.3 is 5.97 Å². The van der Waals surface area contributed by atoms with Crippen LogP contribution < -0.4 is 0 Å². The first kappa shape index (κ1) is 12.8. The average molecular weight is 241 g/mol. The fourth-order valence-corrected chi connectivity index (χ4v) is 3.05. The number of nitrogens with zero attached hydrogens (tertiary/aromatic N) is 1. The normalized spacial score (nSPS) is 35.0. The van der Waals surface area contributed by atoms with Gasteiger partial charge in [-0.2, -0.15) is 0 Å². The number of carboxylic acids is 1. The van der Waals surface area contributed by atoms with Crippen LogP contribution in [0, 0.1) is 0 Å². The molecule has 4 heteroatoms. The van der Waals surface area contributed by atoms with Crippen molar-refractivity contribution >= 4 is 5.97 Å². The summed E-state index contributed by atoms with van der Waals surface area (Å²) in [5.41, 5.74) is 0. The maximum atomic E-state index is 10.8. The lowest BCUT2D eigenvalue weighted by molar-refractivity contribution is -0.149. The van der Waals surface area contributed by atoms with Crippen LogP contribution in [0.5, 0.6) is 0 Å². The molecule has 2 aliphatic heterocycles. The molecule has 0 aromatic heterocycles. The Morgan fingerprint density at radius 2 is 2.18 bits per heavy atom. The first-order chi connectivity index (χ1) is 8.20. The van der Waals surface area contributed by atoms with Crippen LogP contribution in [-0.2, 0) is 9.53 Å². The Hall–Kier alpha value is -0.610. The minimum absolute atomic E-state index is 0.128. The molecule has 17 heavy (non-hydrogen) atoms. The van der Waals surface area contributed by atoms with E-state index in [4.69, 9.17) is 9.84 Å². The van der Waals surface area contributed by atoms with E-state index in [0.717, 1.165) is 19.5 Å². The number of hydrogen-bond donors (Lipinski definition) is 1. The highest BCUT2D eigenvalue weighted by atomic mass is 16.5. The summed E-state index contributed by atoms with van der Waals surface area (Å²) in [6.45, 7) is 4.30. The van der Waals surface area contributed by atoms with Crippen molar-refractivity contribution in [3.05, 3.63) is 0 Å². The van der Waals surface area contributed by atoms with Gasteiger partial charge in [-0.1, -0.05) is 13.3 Å². The number of rotatable bonds is 4. The lowest BCUT2D eigenvalue weighted by Crippen LogP contribution is -2.43. The molecule has 0 aliphatic carbocycles. The van der Waals surface area contributed by atoms with Gasteiger partial charge in [0.1, 0.15) is 0 Å². The summed E-state index contributed by atoms with van der Waals surface area (Å²) in [5, 5.41) is 8.90. The van der Waals surface area contributed by atoms with Gasteiger partial charge in [-0.15, -0.1) is 0 Å². The molecule has 0 aromatic carbocycles. The second-order valence-corrected chi connectivity index (χ2v) is 5.22. The molecule has 4 nitrogen and oxygen atoms in total. The van der Waals surface area contributed by atoms with Crippen molar-refractivity contribution in [2.75, 3.05) is 13.1 Å². The SMILES string of the molecule is CCC1CCCCN1CC1CCC(C(=O)O)O1. The summed E-state index contributed by atoms with van der Waals surface area (Å²) in [7, 11) is 0. The van der Waals surface area contributed by atoms with Crippen LogP contribution in [0.15, 0.2) is 0 Å². The quantitative estimate of drug-likeness (QED) is 0.816. The van der Waals surface area contributed by atoms with Gasteiger partial charge in [-0.05, 0) is 38.6 Å². The van der Waals surface area contributed by atoms with Crippen molar-refractivity contribution in [3.63, 3.8) is 0 Å². The Morgan fingerprint density at radius 1 is 1.35 bits per heavy atom. The predicted molar refractivity (Wildman–Crippen MR) is 65.0 cm³/mol. The third-order valence-corrected chi connectivity index (χ3v) is 4.04. The minimum atomic E-state index is -0.807. The van der Waals surface area contributed by atoms with Gasteiger partial charge in [0.15, 0.2) is 6.10 Å².